The lowest BCUT2D eigenvalue weighted by atomic mass is 10.0. The number of amides is 1. The van der Waals surface area contributed by atoms with E-state index in [9.17, 15) is 9.90 Å². The minimum absolute atomic E-state index is 0.352. The lowest BCUT2D eigenvalue weighted by Gasteiger charge is -2.35. The molecule has 1 fully saturated rings. The van der Waals surface area contributed by atoms with Gasteiger partial charge >= 0.3 is 0 Å². The van der Waals surface area contributed by atoms with E-state index in [1.807, 2.05) is 0 Å². The van der Waals surface area contributed by atoms with Gasteiger partial charge in [0.15, 0.2) is 6.10 Å². The van der Waals surface area contributed by atoms with Gasteiger partial charge in [-0.3, -0.25) is 9.69 Å². The van der Waals surface area contributed by atoms with Gasteiger partial charge in [0.05, 0.1) is 7.11 Å². The molecule has 2 unspecified atom stereocenters. The van der Waals surface area contributed by atoms with E-state index >= 15 is 0 Å². The van der Waals surface area contributed by atoms with E-state index in [4.69, 9.17) is 4.74 Å². The molecule has 0 aliphatic carbocycles. The normalized spacial score (nSPS) is 20.4. The minimum atomic E-state index is -1.16. The Bertz CT molecular complexity index is 493. The summed E-state index contributed by atoms with van der Waals surface area (Å²) in [6.07, 6.45) is 2.37. The highest BCUT2D eigenvalue weighted by atomic mass is 16.5. The van der Waals surface area contributed by atoms with Crippen LogP contribution in [0.2, 0.25) is 0 Å². The number of hydrogen-bond donors (Lipinski definition) is 2. The number of carbonyl (C=O) groups is 1. The van der Waals surface area contributed by atoms with Gasteiger partial charge in [0.1, 0.15) is 5.75 Å². The minimum Gasteiger partial charge on any atom is -0.497 e. The molecule has 0 spiro atoms. The number of likely N-dealkylation sites (N-methyl/N-ethyl adjacent to an activating group) is 1. The Labute approximate surface area is 132 Å². The number of likely N-dealkylation sites (tertiary alicyclic amines) is 1. The van der Waals surface area contributed by atoms with Crippen molar-refractivity contribution in [3.05, 3.63) is 29.8 Å². The zero-order chi connectivity index (χ0) is 15.9. The van der Waals surface area contributed by atoms with Crippen molar-refractivity contribution in [1.29, 1.82) is 0 Å². The highest BCUT2D eigenvalue weighted by Gasteiger charge is 2.23. The third kappa shape index (κ3) is 4.21. The van der Waals surface area contributed by atoms with Crippen molar-refractivity contribution in [3.63, 3.8) is 0 Å². The number of carbonyl (C=O) groups excluding carboxylic acids is 1. The molecule has 0 bridgehead atoms. The Morgan fingerprint density at radius 3 is 3.05 bits per heavy atom. The Morgan fingerprint density at radius 1 is 1.50 bits per heavy atom. The molecule has 0 saturated carbocycles. The molecule has 1 saturated heterocycles. The number of aliphatic hydroxyl groups is 1. The number of nitrogens with zero attached hydrogens (tertiary/aromatic N) is 1. The molecule has 0 radical (unpaired) electrons. The topological polar surface area (TPSA) is 61.8 Å². The molecular formula is C17H26N2O3. The number of aliphatic hydroxyl groups excluding tert-OH is 1. The summed E-state index contributed by atoms with van der Waals surface area (Å²) in [4.78, 5) is 14.6. The van der Waals surface area contributed by atoms with Gasteiger partial charge in [-0.1, -0.05) is 25.5 Å². The van der Waals surface area contributed by atoms with Crippen molar-refractivity contribution < 1.29 is 14.6 Å². The van der Waals surface area contributed by atoms with Gasteiger partial charge < -0.3 is 15.2 Å². The van der Waals surface area contributed by atoms with E-state index in [2.05, 4.69) is 17.1 Å². The lowest BCUT2D eigenvalue weighted by Crippen LogP contribution is -2.47. The number of nitrogens with one attached hydrogen (secondary N) is 1. The number of hydrogen-bond acceptors (Lipinski definition) is 4. The average molecular weight is 306 g/mol. The number of rotatable bonds is 6. The summed E-state index contributed by atoms with van der Waals surface area (Å²) in [5, 5.41) is 13.1. The number of piperidine rings is 1. The van der Waals surface area contributed by atoms with Gasteiger partial charge in [0.2, 0.25) is 0 Å². The lowest BCUT2D eigenvalue weighted by molar-refractivity contribution is -0.130. The van der Waals surface area contributed by atoms with Crippen LogP contribution in [0.5, 0.6) is 5.75 Å². The molecule has 1 aliphatic rings. The first-order valence-electron chi connectivity index (χ1n) is 7.99. The summed E-state index contributed by atoms with van der Waals surface area (Å²) < 4.78 is 5.12. The van der Waals surface area contributed by atoms with E-state index < -0.39 is 6.10 Å². The molecule has 1 aromatic rings. The first-order chi connectivity index (χ1) is 10.7. The standard InChI is InChI=1S/C17H26N2O3/c1-3-19-10-5-4-8-14(19)12-18-17(21)16(20)13-7-6-9-15(11-13)22-2/h6-7,9,11,14,16,20H,3-5,8,10,12H2,1-2H3,(H,18,21). The highest BCUT2D eigenvalue weighted by Crippen LogP contribution is 2.20. The van der Waals surface area contributed by atoms with Crippen LogP contribution in [0.1, 0.15) is 37.9 Å². The first-order valence-corrected chi connectivity index (χ1v) is 7.99. The molecule has 2 rings (SSSR count). The Morgan fingerprint density at radius 2 is 2.32 bits per heavy atom. The molecule has 2 atom stereocenters. The maximum Gasteiger partial charge on any atom is 0.253 e. The van der Waals surface area contributed by atoms with E-state index in [1.54, 1.807) is 31.4 Å². The largest absolute Gasteiger partial charge is 0.497 e. The molecular weight excluding hydrogens is 280 g/mol. The van der Waals surface area contributed by atoms with E-state index in [0.717, 1.165) is 19.5 Å². The van der Waals surface area contributed by atoms with Crippen molar-refractivity contribution >= 4 is 5.91 Å². The first kappa shape index (κ1) is 16.8. The third-order valence-corrected chi connectivity index (χ3v) is 4.33. The number of benzene rings is 1. The van der Waals surface area contributed by atoms with Crippen LogP contribution in [0.4, 0.5) is 0 Å². The summed E-state index contributed by atoms with van der Waals surface area (Å²) in [5.41, 5.74) is 0.549. The molecule has 1 aromatic carbocycles. The van der Waals surface area contributed by atoms with Crippen LogP contribution < -0.4 is 10.1 Å². The van der Waals surface area contributed by atoms with E-state index in [-0.39, 0.29) is 5.91 Å². The van der Waals surface area contributed by atoms with Crippen molar-refractivity contribution in [1.82, 2.24) is 10.2 Å². The van der Waals surface area contributed by atoms with Crippen LogP contribution in [-0.2, 0) is 4.79 Å². The SMILES string of the molecule is CCN1CCCCC1CNC(=O)C(O)c1cccc(OC)c1. The van der Waals surface area contributed by atoms with Crippen LogP contribution >= 0.6 is 0 Å². The van der Waals surface area contributed by atoms with Gasteiger partial charge in [-0.25, -0.2) is 0 Å². The second kappa shape index (κ2) is 8.15. The van der Waals surface area contributed by atoms with Crippen molar-refractivity contribution in [2.75, 3.05) is 26.7 Å². The number of methoxy groups -OCH3 is 1. The Balaban J connectivity index is 1.90. The van der Waals surface area contributed by atoms with Crippen LogP contribution in [0.15, 0.2) is 24.3 Å². The smallest absolute Gasteiger partial charge is 0.253 e. The fraction of sp³-hybridized carbons (Fsp3) is 0.588. The second-order valence-corrected chi connectivity index (χ2v) is 5.70. The predicted molar refractivity (Wildman–Crippen MR) is 85.8 cm³/mol. The van der Waals surface area contributed by atoms with Gasteiger partial charge in [0.25, 0.3) is 5.91 Å². The Kier molecular flexibility index (Phi) is 6.21. The highest BCUT2D eigenvalue weighted by molar-refractivity contribution is 5.82. The van der Waals surface area contributed by atoms with Crippen LogP contribution in [-0.4, -0.2) is 48.7 Å². The maximum absolute atomic E-state index is 12.2. The fourth-order valence-corrected chi connectivity index (χ4v) is 2.99. The summed E-state index contributed by atoms with van der Waals surface area (Å²) in [6, 6.07) is 7.34. The molecule has 122 valence electrons. The van der Waals surface area contributed by atoms with E-state index in [1.165, 1.54) is 12.8 Å². The third-order valence-electron chi connectivity index (χ3n) is 4.33. The summed E-state index contributed by atoms with van der Waals surface area (Å²) in [6.45, 7) is 4.83. The van der Waals surface area contributed by atoms with Gasteiger partial charge in [-0.15, -0.1) is 0 Å². The maximum atomic E-state index is 12.2. The van der Waals surface area contributed by atoms with Gasteiger partial charge in [-0.05, 0) is 43.6 Å². The quantitative estimate of drug-likeness (QED) is 0.840. The van der Waals surface area contributed by atoms with E-state index in [0.29, 0.717) is 23.9 Å². The second-order valence-electron chi connectivity index (χ2n) is 5.70. The molecule has 1 aliphatic heterocycles. The average Bonchev–Trinajstić information content (AvgIpc) is 2.59. The fourth-order valence-electron chi connectivity index (χ4n) is 2.99. The monoisotopic (exact) mass is 306 g/mol. The summed E-state index contributed by atoms with van der Waals surface area (Å²) in [5.74, 6) is 0.281. The number of ether oxygens (including phenoxy) is 1. The predicted octanol–water partition coefficient (Wildman–Crippen LogP) is 1.72. The van der Waals surface area contributed by atoms with Crippen molar-refractivity contribution in [3.8, 4) is 5.75 Å². The van der Waals surface area contributed by atoms with Crippen molar-refractivity contribution in [2.45, 2.75) is 38.3 Å². The van der Waals surface area contributed by atoms with Crippen LogP contribution in [0, 0.1) is 0 Å². The molecule has 2 N–H and O–H groups in total. The van der Waals surface area contributed by atoms with Crippen LogP contribution in [0.3, 0.4) is 0 Å². The molecule has 1 amide bonds. The zero-order valence-corrected chi connectivity index (χ0v) is 13.4. The summed E-state index contributed by atoms with van der Waals surface area (Å²) >= 11 is 0. The summed E-state index contributed by atoms with van der Waals surface area (Å²) in [7, 11) is 1.56. The molecule has 22 heavy (non-hydrogen) atoms. The molecule has 1 heterocycles. The van der Waals surface area contributed by atoms with Crippen molar-refractivity contribution in [2.24, 2.45) is 0 Å². The van der Waals surface area contributed by atoms with Crippen LogP contribution in [0.25, 0.3) is 0 Å². The van der Waals surface area contributed by atoms with Gasteiger partial charge in [0, 0.05) is 12.6 Å². The van der Waals surface area contributed by atoms with Gasteiger partial charge in [-0.2, -0.15) is 0 Å². The Hall–Kier alpha value is -1.59. The zero-order valence-electron chi connectivity index (χ0n) is 13.4. The molecule has 0 aromatic heterocycles. The molecule has 5 heteroatoms. The molecule has 5 nitrogen and oxygen atoms in total.